The van der Waals surface area contributed by atoms with Crippen molar-refractivity contribution < 1.29 is 14.4 Å². The van der Waals surface area contributed by atoms with Crippen LogP contribution in [-0.4, -0.2) is 45.8 Å². The van der Waals surface area contributed by atoms with Crippen LogP contribution < -0.4 is 5.32 Å². The van der Waals surface area contributed by atoms with Gasteiger partial charge in [-0.3, -0.25) is 19.3 Å². The van der Waals surface area contributed by atoms with E-state index in [0.29, 0.717) is 11.3 Å². The molecule has 1 aromatic rings. The number of rotatable bonds is 5. The molecular weight excluding hydrogens is 286 g/mol. The van der Waals surface area contributed by atoms with Crippen LogP contribution in [0.1, 0.15) is 22.3 Å². The SMILES string of the molecule is CCc1ncsc1C(=O)NCCN1C(=O)CSC1=O. The first kappa shape index (κ1) is 14.0. The van der Waals surface area contributed by atoms with Gasteiger partial charge < -0.3 is 5.32 Å². The maximum atomic E-state index is 11.9. The molecule has 0 atom stereocenters. The molecule has 3 amide bonds. The maximum Gasteiger partial charge on any atom is 0.288 e. The molecule has 0 spiro atoms. The number of nitrogens with zero attached hydrogens (tertiary/aromatic N) is 2. The molecule has 2 rings (SSSR count). The lowest BCUT2D eigenvalue weighted by Gasteiger charge is -2.12. The summed E-state index contributed by atoms with van der Waals surface area (Å²) in [5.74, 6) is -0.205. The first-order valence-electron chi connectivity index (χ1n) is 5.81. The summed E-state index contributed by atoms with van der Waals surface area (Å²) >= 11 is 2.28. The summed E-state index contributed by atoms with van der Waals surface area (Å²) in [5.41, 5.74) is 2.41. The first-order valence-corrected chi connectivity index (χ1v) is 7.67. The van der Waals surface area contributed by atoms with E-state index in [4.69, 9.17) is 0 Å². The second kappa shape index (κ2) is 6.16. The molecule has 0 radical (unpaired) electrons. The third-order valence-electron chi connectivity index (χ3n) is 2.64. The van der Waals surface area contributed by atoms with Crippen LogP contribution in [0.25, 0.3) is 0 Å². The van der Waals surface area contributed by atoms with Crippen LogP contribution in [0.5, 0.6) is 0 Å². The lowest BCUT2D eigenvalue weighted by atomic mass is 10.3. The van der Waals surface area contributed by atoms with E-state index in [1.54, 1.807) is 5.51 Å². The Bertz CT molecular complexity index is 499. The molecule has 0 unspecified atom stereocenters. The zero-order valence-corrected chi connectivity index (χ0v) is 12.0. The lowest BCUT2D eigenvalue weighted by Crippen LogP contribution is -2.37. The summed E-state index contributed by atoms with van der Waals surface area (Å²) in [6, 6.07) is 0. The van der Waals surface area contributed by atoms with E-state index in [1.807, 2.05) is 6.92 Å². The van der Waals surface area contributed by atoms with Crippen molar-refractivity contribution in [2.75, 3.05) is 18.8 Å². The minimum Gasteiger partial charge on any atom is -0.349 e. The van der Waals surface area contributed by atoms with E-state index in [1.165, 1.54) is 16.2 Å². The number of aryl methyl sites for hydroxylation is 1. The molecule has 2 heterocycles. The predicted molar refractivity (Wildman–Crippen MR) is 73.4 cm³/mol. The molecule has 8 heteroatoms. The Morgan fingerprint density at radius 2 is 2.32 bits per heavy atom. The highest BCUT2D eigenvalue weighted by Gasteiger charge is 2.29. The van der Waals surface area contributed by atoms with Crippen molar-refractivity contribution in [3.63, 3.8) is 0 Å². The second-order valence-electron chi connectivity index (χ2n) is 3.84. The van der Waals surface area contributed by atoms with Crippen LogP contribution in [0.4, 0.5) is 4.79 Å². The van der Waals surface area contributed by atoms with E-state index in [-0.39, 0.29) is 35.9 Å². The van der Waals surface area contributed by atoms with Gasteiger partial charge in [-0.15, -0.1) is 11.3 Å². The molecule has 1 fully saturated rings. The summed E-state index contributed by atoms with van der Waals surface area (Å²) in [4.78, 5) is 40.4. The Balaban J connectivity index is 1.84. The topological polar surface area (TPSA) is 79.4 Å². The highest BCUT2D eigenvalue weighted by Crippen LogP contribution is 2.18. The largest absolute Gasteiger partial charge is 0.349 e. The number of thioether (sulfide) groups is 1. The molecule has 0 saturated carbocycles. The van der Waals surface area contributed by atoms with E-state index in [0.717, 1.165) is 17.5 Å². The van der Waals surface area contributed by atoms with Crippen LogP contribution in [0.2, 0.25) is 0 Å². The van der Waals surface area contributed by atoms with Gasteiger partial charge in [-0.1, -0.05) is 18.7 Å². The minimum absolute atomic E-state index is 0.196. The molecular formula is C11H13N3O3S2. The van der Waals surface area contributed by atoms with Crippen LogP contribution in [-0.2, 0) is 11.2 Å². The van der Waals surface area contributed by atoms with Crippen molar-refractivity contribution in [2.24, 2.45) is 0 Å². The number of nitrogens with one attached hydrogen (secondary N) is 1. The highest BCUT2D eigenvalue weighted by molar-refractivity contribution is 8.14. The Morgan fingerprint density at radius 3 is 2.95 bits per heavy atom. The molecule has 0 aromatic carbocycles. The van der Waals surface area contributed by atoms with E-state index in [2.05, 4.69) is 10.3 Å². The normalized spacial score (nSPS) is 15.1. The fraction of sp³-hybridized carbons (Fsp3) is 0.455. The molecule has 1 aliphatic rings. The van der Waals surface area contributed by atoms with Crippen molar-refractivity contribution in [1.82, 2.24) is 15.2 Å². The summed E-state index contributed by atoms with van der Waals surface area (Å²) < 4.78 is 0. The van der Waals surface area contributed by atoms with Crippen LogP contribution in [0, 0.1) is 0 Å². The average Bonchev–Trinajstić information content (AvgIpc) is 2.99. The van der Waals surface area contributed by atoms with Crippen molar-refractivity contribution in [2.45, 2.75) is 13.3 Å². The third-order valence-corrected chi connectivity index (χ3v) is 4.37. The maximum absolute atomic E-state index is 11.9. The number of hydrogen-bond acceptors (Lipinski definition) is 6. The van der Waals surface area contributed by atoms with Gasteiger partial charge >= 0.3 is 0 Å². The van der Waals surface area contributed by atoms with Gasteiger partial charge in [0, 0.05) is 13.1 Å². The van der Waals surface area contributed by atoms with Gasteiger partial charge in [0.1, 0.15) is 4.88 Å². The molecule has 102 valence electrons. The van der Waals surface area contributed by atoms with Gasteiger partial charge in [-0.2, -0.15) is 0 Å². The van der Waals surface area contributed by atoms with Crippen LogP contribution in [0.15, 0.2) is 5.51 Å². The number of carbonyl (C=O) groups excluding carboxylic acids is 3. The Kier molecular flexibility index (Phi) is 4.54. The Hall–Kier alpha value is -1.41. The Labute approximate surface area is 118 Å². The monoisotopic (exact) mass is 299 g/mol. The molecule has 0 aliphatic carbocycles. The molecule has 1 aromatic heterocycles. The van der Waals surface area contributed by atoms with E-state index >= 15 is 0 Å². The van der Waals surface area contributed by atoms with Gasteiger partial charge in [-0.25, -0.2) is 4.98 Å². The zero-order chi connectivity index (χ0) is 13.8. The zero-order valence-electron chi connectivity index (χ0n) is 10.3. The van der Waals surface area contributed by atoms with E-state index < -0.39 is 0 Å². The number of amides is 3. The smallest absolute Gasteiger partial charge is 0.288 e. The molecule has 1 saturated heterocycles. The van der Waals surface area contributed by atoms with E-state index in [9.17, 15) is 14.4 Å². The molecule has 0 bridgehead atoms. The molecule has 1 N–H and O–H groups in total. The average molecular weight is 299 g/mol. The highest BCUT2D eigenvalue weighted by atomic mass is 32.2. The van der Waals surface area contributed by atoms with Gasteiger partial charge in [0.15, 0.2) is 0 Å². The molecule has 1 aliphatic heterocycles. The lowest BCUT2D eigenvalue weighted by molar-refractivity contribution is -0.124. The third kappa shape index (κ3) is 3.13. The summed E-state index contributed by atoms with van der Waals surface area (Å²) in [6.45, 7) is 2.42. The van der Waals surface area contributed by atoms with Crippen molar-refractivity contribution in [3.05, 3.63) is 16.1 Å². The quantitative estimate of drug-likeness (QED) is 0.881. The fourth-order valence-electron chi connectivity index (χ4n) is 1.66. The molecule has 19 heavy (non-hydrogen) atoms. The summed E-state index contributed by atoms with van der Waals surface area (Å²) in [7, 11) is 0. The number of aromatic nitrogens is 1. The van der Waals surface area contributed by atoms with Crippen LogP contribution in [0.3, 0.4) is 0 Å². The summed E-state index contributed by atoms with van der Waals surface area (Å²) in [6.07, 6.45) is 0.700. The number of hydrogen-bond donors (Lipinski definition) is 1. The van der Waals surface area contributed by atoms with Gasteiger partial charge in [0.05, 0.1) is 17.0 Å². The fourth-order valence-corrected chi connectivity index (χ4v) is 3.21. The van der Waals surface area contributed by atoms with Gasteiger partial charge in [0.25, 0.3) is 11.1 Å². The molecule has 6 nitrogen and oxygen atoms in total. The number of imide groups is 1. The minimum atomic E-state index is -0.244. The summed E-state index contributed by atoms with van der Waals surface area (Å²) in [5, 5.41) is 2.46. The van der Waals surface area contributed by atoms with Crippen molar-refractivity contribution in [1.29, 1.82) is 0 Å². The van der Waals surface area contributed by atoms with Gasteiger partial charge in [0.2, 0.25) is 5.91 Å². The van der Waals surface area contributed by atoms with Crippen molar-refractivity contribution >= 4 is 40.2 Å². The van der Waals surface area contributed by atoms with Crippen LogP contribution >= 0.6 is 23.1 Å². The first-order chi connectivity index (χ1) is 9.13. The number of thiazole rings is 1. The second-order valence-corrected chi connectivity index (χ2v) is 5.62. The predicted octanol–water partition coefficient (Wildman–Crippen LogP) is 1.13. The standard InChI is InChI=1S/C11H13N3O3S2/c1-2-7-9(19-6-13-7)10(16)12-3-4-14-8(15)5-18-11(14)17/h6H,2-5H2,1H3,(H,12,16). The number of carbonyl (C=O) groups is 3. The van der Waals surface area contributed by atoms with Crippen molar-refractivity contribution in [3.8, 4) is 0 Å². The Morgan fingerprint density at radius 1 is 1.53 bits per heavy atom. The van der Waals surface area contributed by atoms with Gasteiger partial charge in [-0.05, 0) is 6.42 Å².